The van der Waals surface area contributed by atoms with E-state index < -0.39 is 23.8 Å². The van der Waals surface area contributed by atoms with Gasteiger partial charge >= 0.3 is 6.09 Å². The van der Waals surface area contributed by atoms with Gasteiger partial charge in [0.05, 0.1) is 12.1 Å². The second-order valence-corrected chi connectivity index (χ2v) is 6.80. The normalized spacial score (nSPS) is 13.8. The van der Waals surface area contributed by atoms with Gasteiger partial charge in [-0.25, -0.2) is 4.79 Å². The maximum Gasteiger partial charge on any atom is 0.407 e. The van der Waals surface area contributed by atoms with E-state index in [4.69, 9.17) is 4.74 Å². The molecule has 0 aliphatic carbocycles. The highest BCUT2D eigenvalue weighted by Crippen LogP contribution is 2.20. The molecule has 0 bridgehead atoms. The summed E-state index contributed by atoms with van der Waals surface area (Å²) in [4.78, 5) is 12.2. The Balaban J connectivity index is 2.16. The Labute approximate surface area is 143 Å². The van der Waals surface area contributed by atoms with Gasteiger partial charge in [-0.3, -0.25) is 0 Å². The van der Waals surface area contributed by atoms with Crippen LogP contribution in [-0.4, -0.2) is 22.8 Å². The highest BCUT2D eigenvalue weighted by atomic mass is 16.6. The van der Waals surface area contributed by atoms with Gasteiger partial charge in [0.1, 0.15) is 5.60 Å². The van der Waals surface area contributed by atoms with Crippen LogP contribution in [0, 0.1) is 0 Å². The van der Waals surface area contributed by atoms with Crippen molar-refractivity contribution in [3.05, 3.63) is 71.8 Å². The molecule has 0 aliphatic heterocycles. The fourth-order valence-corrected chi connectivity index (χ4v) is 2.45. The Hall–Kier alpha value is -2.33. The van der Waals surface area contributed by atoms with E-state index in [1.165, 1.54) is 0 Å². The Bertz CT molecular complexity index is 635. The van der Waals surface area contributed by atoms with Crippen molar-refractivity contribution < 1.29 is 14.6 Å². The summed E-state index contributed by atoms with van der Waals surface area (Å²) in [5, 5.41) is 13.5. The number of carbonyl (C=O) groups is 1. The van der Waals surface area contributed by atoms with Crippen molar-refractivity contribution in [2.24, 2.45) is 0 Å². The number of hydrogen-bond donors (Lipinski definition) is 2. The van der Waals surface area contributed by atoms with Crippen LogP contribution < -0.4 is 5.32 Å². The molecule has 0 unspecified atom stereocenters. The van der Waals surface area contributed by atoms with Gasteiger partial charge in [-0.1, -0.05) is 60.7 Å². The number of aliphatic hydroxyl groups is 1. The van der Waals surface area contributed by atoms with E-state index in [-0.39, 0.29) is 0 Å². The number of hydrogen-bond acceptors (Lipinski definition) is 3. The molecule has 128 valence electrons. The van der Waals surface area contributed by atoms with E-state index in [0.29, 0.717) is 6.42 Å². The standard InChI is InChI=1S/C20H25NO3/c1-20(2,3)24-19(23)21-17(14-15-10-6-4-7-11-15)18(22)16-12-8-5-9-13-16/h4-13,17-18,22H,14H2,1-3H3,(H,21,23)/t17-,18-/m0/s1. The molecule has 0 heterocycles. The molecule has 0 fully saturated rings. The van der Waals surface area contributed by atoms with Crippen LogP contribution in [0.3, 0.4) is 0 Å². The molecule has 24 heavy (non-hydrogen) atoms. The lowest BCUT2D eigenvalue weighted by molar-refractivity contribution is 0.0421. The van der Waals surface area contributed by atoms with Gasteiger partial charge in [0.2, 0.25) is 0 Å². The van der Waals surface area contributed by atoms with Crippen LogP contribution in [0.25, 0.3) is 0 Å². The fraction of sp³-hybridized carbons (Fsp3) is 0.350. The molecule has 2 aromatic rings. The zero-order chi connectivity index (χ0) is 17.6. The van der Waals surface area contributed by atoms with Gasteiger partial charge in [-0.05, 0) is 38.3 Å². The molecule has 1 amide bonds. The van der Waals surface area contributed by atoms with Crippen LogP contribution in [0.2, 0.25) is 0 Å². The van der Waals surface area contributed by atoms with Gasteiger partial charge < -0.3 is 15.2 Å². The number of alkyl carbamates (subject to hydrolysis) is 1. The van der Waals surface area contributed by atoms with E-state index in [2.05, 4.69) is 5.32 Å². The number of benzene rings is 2. The molecule has 4 heteroatoms. The van der Waals surface area contributed by atoms with Crippen LogP contribution in [0.4, 0.5) is 4.79 Å². The van der Waals surface area contributed by atoms with E-state index in [9.17, 15) is 9.90 Å². The van der Waals surface area contributed by atoms with E-state index in [0.717, 1.165) is 11.1 Å². The Morgan fingerprint density at radius 2 is 1.58 bits per heavy atom. The SMILES string of the molecule is CC(C)(C)OC(=O)N[C@@H](Cc1ccccc1)[C@@H](O)c1ccccc1. The first-order valence-corrected chi connectivity index (χ1v) is 8.11. The average molecular weight is 327 g/mol. The Morgan fingerprint density at radius 1 is 1.04 bits per heavy atom. The summed E-state index contributed by atoms with van der Waals surface area (Å²) in [6, 6.07) is 18.6. The third-order valence-corrected chi connectivity index (χ3v) is 3.52. The average Bonchev–Trinajstić information content (AvgIpc) is 2.53. The first kappa shape index (κ1) is 18.0. The molecule has 0 saturated carbocycles. The Kier molecular flexibility index (Phi) is 5.99. The topological polar surface area (TPSA) is 58.6 Å². The van der Waals surface area contributed by atoms with Crippen molar-refractivity contribution >= 4 is 6.09 Å². The maximum atomic E-state index is 12.2. The number of rotatable bonds is 5. The number of amides is 1. The van der Waals surface area contributed by atoms with Gasteiger partial charge in [0, 0.05) is 0 Å². The molecule has 0 saturated heterocycles. The highest BCUT2D eigenvalue weighted by Gasteiger charge is 2.25. The van der Waals surface area contributed by atoms with Crippen molar-refractivity contribution in [1.29, 1.82) is 0 Å². The summed E-state index contributed by atoms with van der Waals surface area (Å²) in [7, 11) is 0. The number of nitrogens with one attached hydrogen (secondary N) is 1. The lowest BCUT2D eigenvalue weighted by Gasteiger charge is -2.27. The molecular weight excluding hydrogens is 302 g/mol. The number of carbonyl (C=O) groups excluding carboxylic acids is 1. The molecule has 0 aromatic heterocycles. The van der Waals surface area contributed by atoms with Crippen molar-refractivity contribution in [3.8, 4) is 0 Å². The predicted octanol–water partition coefficient (Wildman–Crippen LogP) is 3.86. The smallest absolute Gasteiger partial charge is 0.407 e. The van der Waals surface area contributed by atoms with E-state index in [1.807, 2.05) is 81.4 Å². The van der Waals surface area contributed by atoms with Crippen molar-refractivity contribution in [1.82, 2.24) is 5.32 Å². The van der Waals surface area contributed by atoms with Gasteiger partial charge in [-0.15, -0.1) is 0 Å². The number of ether oxygens (including phenoxy) is 1. The van der Waals surface area contributed by atoms with Crippen LogP contribution in [0.15, 0.2) is 60.7 Å². The lowest BCUT2D eigenvalue weighted by Crippen LogP contribution is -2.43. The van der Waals surface area contributed by atoms with E-state index >= 15 is 0 Å². The molecular formula is C20H25NO3. The van der Waals surface area contributed by atoms with Crippen LogP contribution in [-0.2, 0) is 11.2 Å². The largest absolute Gasteiger partial charge is 0.444 e. The lowest BCUT2D eigenvalue weighted by atomic mass is 9.96. The minimum atomic E-state index is -0.820. The summed E-state index contributed by atoms with van der Waals surface area (Å²) < 4.78 is 5.33. The molecule has 2 N–H and O–H groups in total. The Morgan fingerprint density at radius 3 is 2.12 bits per heavy atom. The second-order valence-electron chi connectivity index (χ2n) is 6.80. The van der Waals surface area contributed by atoms with Crippen LogP contribution in [0.5, 0.6) is 0 Å². The van der Waals surface area contributed by atoms with Crippen molar-refractivity contribution in [3.63, 3.8) is 0 Å². The summed E-state index contributed by atoms with van der Waals surface area (Å²) in [6.45, 7) is 5.44. The molecule has 2 aromatic carbocycles. The third-order valence-electron chi connectivity index (χ3n) is 3.52. The molecule has 0 radical (unpaired) electrons. The molecule has 4 nitrogen and oxygen atoms in total. The molecule has 2 rings (SSSR count). The van der Waals surface area contributed by atoms with Crippen LogP contribution >= 0.6 is 0 Å². The van der Waals surface area contributed by atoms with Crippen LogP contribution in [0.1, 0.15) is 38.0 Å². The first-order chi connectivity index (χ1) is 11.3. The zero-order valence-corrected chi connectivity index (χ0v) is 14.4. The van der Waals surface area contributed by atoms with Gasteiger partial charge in [0.25, 0.3) is 0 Å². The summed E-state index contributed by atoms with van der Waals surface area (Å²) in [5.41, 5.74) is 1.21. The minimum Gasteiger partial charge on any atom is -0.444 e. The fourth-order valence-electron chi connectivity index (χ4n) is 2.45. The monoisotopic (exact) mass is 327 g/mol. The van der Waals surface area contributed by atoms with E-state index in [1.54, 1.807) is 0 Å². The minimum absolute atomic E-state index is 0.482. The summed E-state index contributed by atoms with van der Waals surface area (Å²) >= 11 is 0. The summed E-state index contributed by atoms with van der Waals surface area (Å²) in [6.07, 6.45) is -0.840. The molecule has 2 atom stereocenters. The van der Waals surface area contributed by atoms with Crippen molar-refractivity contribution in [2.45, 2.75) is 44.9 Å². The molecule has 0 spiro atoms. The first-order valence-electron chi connectivity index (χ1n) is 8.11. The highest BCUT2D eigenvalue weighted by molar-refractivity contribution is 5.68. The molecule has 0 aliphatic rings. The quantitative estimate of drug-likeness (QED) is 0.877. The third kappa shape index (κ3) is 5.70. The second kappa shape index (κ2) is 7.97. The maximum absolute atomic E-state index is 12.2. The zero-order valence-electron chi connectivity index (χ0n) is 14.4. The van der Waals surface area contributed by atoms with Gasteiger partial charge in [0.15, 0.2) is 0 Å². The van der Waals surface area contributed by atoms with Gasteiger partial charge in [-0.2, -0.15) is 0 Å². The number of aliphatic hydroxyl groups excluding tert-OH is 1. The van der Waals surface area contributed by atoms with Crippen molar-refractivity contribution in [2.75, 3.05) is 0 Å². The summed E-state index contributed by atoms with van der Waals surface area (Å²) in [5.74, 6) is 0. The predicted molar refractivity (Wildman–Crippen MR) is 94.7 cm³/mol.